The summed E-state index contributed by atoms with van der Waals surface area (Å²) in [7, 11) is 0. The molecule has 4 aromatic carbocycles. The van der Waals surface area contributed by atoms with Crippen LogP contribution in [0.2, 0.25) is 0 Å². The zero-order valence-corrected chi connectivity index (χ0v) is 19.1. The molecule has 0 bridgehead atoms. The Bertz CT molecular complexity index is 1300. The third-order valence-corrected chi connectivity index (χ3v) is 6.43. The highest BCUT2D eigenvalue weighted by molar-refractivity contribution is 5.79. The van der Waals surface area contributed by atoms with Crippen molar-refractivity contribution < 1.29 is 19.4 Å². The van der Waals surface area contributed by atoms with E-state index in [-0.39, 0.29) is 18.9 Å². The second-order valence-corrected chi connectivity index (χ2v) is 8.61. The van der Waals surface area contributed by atoms with E-state index in [2.05, 4.69) is 29.6 Å². The average molecular weight is 464 g/mol. The molecule has 1 amide bonds. The molecule has 2 N–H and O–H groups in total. The molecular weight excluding hydrogens is 438 g/mol. The van der Waals surface area contributed by atoms with Crippen LogP contribution in [-0.4, -0.2) is 23.8 Å². The lowest BCUT2D eigenvalue weighted by Crippen LogP contribution is -2.31. The van der Waals surface area contributed by atoms with Gasteiger partial charge in [-0.1, -0.05) is 103 Å². The molecule has 1 aliphatic rings. The molecule has 5 heteroatoms. The van der Waals surface area contributed by atoms with Gasteiger partial charge >= 0.3 is 12.1 Å². The Hall–Kier alpha value is -4.38. The van der Waals surface area contributed by atoms with Crippen molar-refractivity contribution in [2.24, 2.45) is 0 Å². The number of rotatable bonds is 7. The molecule has 0 heterocycles. The van der Waals surface area contributed by atoms with E-state index < -0.39 is 18.1 Å². The third kappa shape index (κ3) is 4.80. The first-order valence-electron chi connectivity index (χ1n) is 11.6. The maximum atomic E-state index is 12.8. The van der Waals surface area contributed by atoms with E-state index in [0.717, 1.165) is 33.4 Å². The first-order valence-corrected chi connectivity index (χ1v) is 11.6. The molecule has 0 aliphatic heterocycles. The summed E-state index contributed by atoms with van der Waals surface area (Å²) in [6.07, 6.45) is -0.875. The van der Waals surface area contributed by atoms with Crippen LogP contribution in [0.1, 0.15) is 35.1 Å². The van der Waals surface area contributed by atoms with Crippen molar-refractivity contribution in [3.05, 3.63) is 120 Å². The van der Waals surface area contributed by atoms with Crippen LogP contribution in [0.4, 0.5) is 4.79 Å². The summed E-state index contributed by atoms with van der Waals surface area (Å²) in [6, 6.07) is 33.0. The van der Waals surface area contributed by atoms with E-state index in [4.69, 9.17) is 4.74 Å². The Labute approximate surface area is 204 Å². The normalized spacial score (nSPS) is 12.9. The van der Waals surface area contributed by atoms with Crippen molar-refractivity contribution in [1.29, 1.82) is 0 Å². The van der Waals surface area contributed by atoms with Crippen LogP contribution >= 0.6 is 0 Å². The number of amides is 1. The molecule has 0 saturated carbocycles. The van der Waals surface area contributed by atoms with E-state index in [1.807, 2.05) is 78.9 Å². The monoisotopic (exact) mass is 463 g/mol. The highest BCUT2D eigenvalue weighted by atomic mass is 16.5. The topological polar surface area (TPSA) is 75.6 Å². The van der Waals surface area contributed by atoms with Gasteiger partial charge in [-0.05, 0) is 38.9 Å². The van der Waals surface area contributed by atoms with Crippen molar-refractivity contribution in [3.8, 4) is 22.3 Å². The standard InChI is InChI=1S/C30H25NO4/c32-29(33)18-28(22-16-14-21(15-17-22)20-8-2-1-3-9-20)31-30(34)35-19-27-25-12-6-4-10-23(25)24-11-5-7-13-26(24)27/h1-17,27-28H,18-19H2,(H,31,34)(H,32,33)/t28-/m0/s1. The van der Waals surface area contributed by atoms with Crippen LogP contribution in [0, 0.1) is 0 Å². The van der Waals surface area contributed by atoms with Gasteiger partial charge in [0.05, 0.1) is 12.5 Å². The number of fused-ring (bicyclic) bond motifs is 3. The lowest BCUT2D eigenvalue weighted by atomic mass is 9.98. The number of alkyl carbamates (subject to hydrolysis) is 1. The summed E-state index contributed by atoms with van der Waals surface area (Å²) in [5.41, 5.74) is 7.35. The number of hydrogen-bond acceptors (Lipinski definition) is 3. The SMILES string of the molecule is O=C(O)C[C@H](NC(=O)OCC1c2ccccc2-c2ccccc21)c1ccc(-c2ccccc2)cc1. The van der Waals surface area contributed by atoms with E-state index in [0.29, 0.717) is 5.56 Å². The molecule has 1 atom stereocenters. The van der Waals surface area contributed by atoms with E-state index in [9.17, 15) is 14.7 Å². The van der Waals surface area contributed by atoms with Gasteiger partial charge in [-0.2, -0.15) is 0 Å². The quantitative estimate of drug-likeness (QED) is 0.332. The number of benzene rings is 4. The molecule has 4 aromatic rings. The van der Waals surface area contributed by atoms with E-state index >= 15 is 0 Å². The first-order chi connectivity index (χ1) is 17.1. The molecule has 0 unspecified atom stereocenters. The highest BCUT2D eigenvalue weighted by Crippen LogP contribution is 2.44. The fourth-order valence-corrected chi connectivity index (χ4v) is 4.75. The molecular formula is C30H25NO4. The van der Waals surface area contributed by atoms with Gasteiger partial charge in [0, 0.05) is 5.92 Å². The van der Waals surface area contributed by atoms with Gasteiger partial charge in [0.15, 0.2) is 0 Å². The van der Waals surface area contributed by atoms with E-state index in [1.165, 1.54) is 0 Å². The summed E-state index contributed by atoms with van der Waals surface area (Å²) in [5.74, 6) is -1.06. The lowest BCUT2D eigenvalue weighted by Gasteiger charge is -2.19. The zero-order valence-electron chi connectivity index (χ0n) is 19.1. The smallest absolute Gasteiger partial charge is 0.407 e. The van der Waals surface area contributed by atoms with Gasteiger partial charge in [-0.25, -0.2) is 4.79 Å². The van der Waals surface area contributed by atoms with Gasteiger partial charge in [0.2, 0.25) is 0 Å². The summed E-state index contributed by atoms with van der Waals surface area (Å²) < 4.78 is 5.62. The number of nitrogens with one attached hydrogen (secondary N) is 1. The molecule has 5 rings (SSSR count). The number of hydrogen-bond donors (Lipinski definition) is 2. The maximum Gasteiger partial charge on any atom is 0.407 e. The van der Waals surface area contributed by atoms with Crippen LogP contribution in [0.25, 0.3) is 22.3 Å². The van der Waals surface area contributed by atoms with Gasteiger partial charge in [-0.15, -0.1) is 0 Å². The second-order valence-electron chi connectivity index (χ2n) is 8.61. The minimum Gasteiger partial charge on any atom is -0.481 e. The predicted molar refractivity (Wildman–Crippen MR) is 135 cm³/mol. The maximum absolute atomic E-state index is 12.8. The summed E-state index contributed by atoms with van der Waals surface area (Å²) in [5, 5.41) is 12.2. The lowest BCUT2D eigenvalue weighted by molar-refractivity contribution is -0.137. The third-order valence-electron chi connectivity index (χ3n) is 6.43. The largest absolute Gasteiger partial charge is 0.481 e. The number of carbonyl (C=O) groups is 2. The van der Waals surface area contributed by atoms with Gasteiger partial charge in [0.1, 0.15) is 6.61 Å². The minimum absolute atomic E-state index is 0.0590. The Morgan fingerprint density at radius 2 is 1.29 bits per heavy atom. The fraction of sp³-hybridized carbons (Fsp3) is 0.133. The fourth-order valence-electron chi connectivity index (χ4n) is 4.75. The van der Waals surface area contributed by atoms with Gasteiger partial charge in [0.25, 0.3) is 0 Å². The number of aliphatic carboxylic acids is 1. The first kappa shape index (κ1) is 22.4. The Morgan fingerprint density at radius 3 is 1.89 bits per heavy atom. The average Bonchev–Trinajstić information content (AvgIpc) is 3.21. The molecule has 0 spiro atoms. The Balaban J connectivity index is 1.29. The predicted octanol–water partition coefficient (Wildman–Crippen LogP) is 6.41. The Kier molecular flexibility index (Phi) is 6.31. The van der Waals surface area contributed by atoms with Gasteiger partial charge < -0.3 is 15.2 Å². The molecule has 1 aliphatic carbocycles. The zero-order chi connectivity index (χ0) is 24.2. The van der Waals surface area contributed by atoms with Crippen LogP contribution in [0.3, 0.4) is 0 Å². The molecule has 0 saturated heterocycles. The summed E-state index contributed by atoms with van der Waals surface area (Å²) in [6.45, 7) is 0.173. The van der Waals surface area contributed by atoms with Crippen molar-refractivity contribution >= 4 is 12.1 Å². The van der Waals surface area contributed by atoms with Crippen LogP contribution in [0.15, 0.2) is 103 Å². The number of carbonyl (C=O) groups excluding carboxylic acids is 1. The number of carboxylic acid groups (broad SMARTS) is 1. The Morgan fingerprint density at radius 1 is 0.743 bits per heavy atom. The number of ether oxygens (including phenoxy) is 1. The molecule has 0 radical (unpaired) electrons. The van der Waals surface area contributed by atoms with Crippen LogP contribution < -0.4 is 5.32 Å². The molecule has 35 heavy (non-hydrogen) atoms. The molecule has 174 valence electrons. The minimum atomic E-state index is -0.999. The van der Waals surface area contributed by atoms with E-state index in [1.54, 1.807) is 0 Å². The molecule has 0 fully saturated rings. The van der Waals surface area contributed by atoms with Crippen LogP contribution in [-0.2, 0) is 9.53 Å². The van der Waals surface area contributed by atoms with Crippen molar-refractivity contribution in [2.45, 2.75) is 18.4 Å². The second kappa shape index (κ2) is 9.85. The van der Waals surface area contributed by atoms with Crippen LogP contribution in [0.5, 0.6) is 0 Å². The highest BCUT2D eigenvalue weighted by Gasteiger charge is 2.29. The molecule has 0 aromatic heterocycles. The van der Waals surface area contributed by atoms with Crippen molar-refractivity contribution in [1.82, 2.24) is 5.32 Å². The summed E-state index contributed by atoms with van der Waals surface area (Å²) >= 11 is 0. The van der Waals surface area contributed by atoms with Crippen molar-refractivity contribution in [3.63, 3.8) is 0 Å². The van der Waals surface area contributed by atoms with Crippen molar-refractivity contribution in [2.75, 3.05) is 6.61 Å². The van der Waals surface area contributed by atoms with Gasteiger partial charge in [-0.3, -0.25) is 4.79 Å². The number of carboxylic acids is 1. The molecule has 5 nitrogen and oxygen atoms in total. The summed E-state index contributed by atoms with van der Waals surface area (Å²) in [4.78, 5) is 24.3.